The first-order chi connectivity index (χ1) is 10.2. The predicted octanol–water partition coefficient (Wildman–Crippen LogP) is 1.95. The van der Waals surface area contributed by atoms with E-state index < -0.39 is 17.9 Å². The van der Waals surface area contributed by atoms with Gasteiger partial charge in [-0.3, -0.25) is 4.98 Å². The first-order valence-corrected chi connectivity index (χ1v) is 6.51. The number of carbonyl (C=O) groups is 1. The van der Waals surface area contributed by atoms with E-state index in [2.05, 4.69) is 15.6 Å². The molecule has 6 heteroatoms. The van der Waals surface area contributed by atoms with Crippen molar-refractivity contribution in [3.8, 4) is 0 Å². The van der Waals surface area contributed by atoms with Gasteiger partial charge in [-0.25, -0.2) is 9.18 Å². The number of benzene rings is 1. The molecule has 0 saturated carbocycles. The molecule has 2 amide bonds. The molecule has 1 atom stereocenters. The minimum Gasteiger partial charge on any atom is -0.394 e. The quantitative estimate of drug-likeness (QED) is 0.787. The van der Waals surface area contributed by atoms with Crippen LogP contribution in [0.1, 0.15) is 5.56 Å². The van der Waals surface area contributed by atoms with Crippen molar-refractivity contribution in [3.63, 3.8) is 0 Å². The van der Waals surface area contributed by atoms with Crippen molar-refractivity contribution in [2.75, 3.05) is 11.9 Å². The number of urea groups is 1. The Hall–Kier alpha value is -2.47. The monoisotopic (exact) mass is 289 g/mol. The summed E-state index contributed by atoms with van der Waals surface area (Å²) in [5, 5.41) is 14.3. The average molecular weight is 289 g/mol. The second kappa shape index (κ2) is 7.35. The molecule has 2 rings (SSSR count). The van der Waals surface area contributed by atoms with E-state index in [1.165, 1.54) is 12.3 Å². The minimum absolute atomic E-state index is 0.0406. The van der Waals surface area contributed by atoms with Crippen molar-refractivity contribution >= 4 is 11.7 Å². The van der Waals surface area contributed by atoms with E-state index in [9.17, 15) is 14.3 Å². The smallest absolute Gasteiger partial charge is 0.319 e. The number of hydrogen-bond donors (Lipinski definition) is 3. The summed E-state index contributed by atoms with van der Waals surface area (Å²) in [5.74, 6) is -0.615. The zero-order chi connectivity index (χ0) is 15.1. The first-order valence-electron chi connectivity index (χ1n) is 6.51. The number of nitrogens with one attached hydrogen (secondary N) is 2. The summed E-state index contributed by atoms with van der Waals surface area (Å²) in [6, 6.07) is 9.82. The van der Waals surface area contributed by atoms with E-state index in [4.69, 9.17) is 0 Å². The predicted molar refractivity (Wildman–Crippen MR) is 77.4 cm³/mol. The van der Waals surface area contributed by atoms with Crippen molar-refractivity contribution in [1.82, 2.24) is 10.3 Å². The molecule has 1 aromatic carbocycles. The highest BCUT2D eigenvalue weighted by Gasteiger charge is 2.13. The van der Waals surface area contributed by atoms with Gasteiger partial charge in [0.1, 0.15) is 0 Å². The Kier molecular flexibility index (Phi) is 5.22. The topological polar surface area (TPSA) is 74.2 Å². The second-order valence-corrected chi connectivity index (χ2v) is 4.52. The summed E-state index contributed by atoms with van der Waals surface area (Å²) in [7, 11) is 0. The number of aliphatic hydroxyl groups is 1. The molecule has 2 aromatic rings. The SMILES string of the molecule is O=C(Nc1ccncc1F)N[C@H](CO)Cc1ccccc1. The summed E-state index contributed by atoms with van der Waals surface area (Å²) < 4.78 is 13.4. The van der Waals surface area contributed by atoms with Gasteiger partial charge in [0.25, 0.3) is 0 Å². The Labute approximate surface area is 121 Å². The third kappa shape index (κ3) is 4.54. The molecule has 0 unspecified atom stereocenters. The molecule has 1 aromatic heterocycles. The van der Waals surface area contributed by atoms with E-state index in [1.54, 1.807) is 0 Å². The lowest BCUT2D eigenvalue weighted by molar-refractivity contribution is 0.224. The van der Waals surface area contributed by atoms with Gasteiger partial charge in [0.15, 0.2) is 5.82 Å². The number of rotatable bonds is 5. The van der Waals surface area contributed by atoms with Gasteiger partial charge in [0, 0.05) is 6.20 Å². The van der Waals surface area contributed by atoms with Crippen LogP contribution in [0.4, 0.5) is 14.9 Å². The zero-order valence-corrected chi connectivity index (χ0v) is 11.3. The van der Waals surface area contributed by atoms with Crippen LogP contribution in [0.2, 0.25) is 0 Å². The number of nitrogens with zero attached hydrogens (tertiary/aromatic N) is 1. The normalized spacial score (nSPS) is 11.7. The maximum atomic E-state index is 13.4. The maximum absolute atomic E-state index is 13.4. The summed E-state index contributed by atoms with van der Waals surface area (Å²) in [5.41, 5.74) is 1.03. The molecular weight excluding hydrogens is 273 g/mol. The van der Waals surface area contributed by atoms with Gasteiger partial charge in [0.05, 0.1) is 24.5 Å². The second-order valence-electron chi connectivity index (χ2n) is 4.52. The van der Waals surface area contributed by atoms with Crippen LogP contribution in [0.3, 0.4) is 0 Å². The number of aromatic nitrogens is 1. The first kappa shape index (κ1) is 14.9. The molecule has 0 bridgehead atoms. The summed E-state index contributed by atoms with van der Waals surface area (Å²) in [6.45, 7) is -0.207. The van der Waals surface area contributed by atoms with Crippen molar-refractivity contribution < 1.29 is 14.3 Å². The largest absolute Gasteiger partial charge is 0.394 e. The van der Waals surface area contributed by atoms with Crippen LogP contribution in [0.5, 0.6) is 0 Å². The lowest BCUT2D eigenvalue weighted by Gasteiger charge is -2.17. The van der Waals surface area contributed by atoms with Gasteiger partial charge >= 0.3 is 6.03 Å². The number of anilines is 1. The minimum atomic E-state index is -0.615. The van der Waals surface area contributed by atoms with E-state index >= 15 is 0 Å². The molecule has 1 heterocycles. The van der Waals surface area contributed by atoms with E-state index in [0.29, 0.717) is 6.42 Å². The van der Waals surface area contributed by atoms with Crippen molar-refractivity contribution in [2.45, 2.75) is 12.5 Å². The van der Waals surface area contributed by atoms with Crippen LogP contribution < -0.4 is 10.6 Å². The number of pyridine rings is 1. The summed E-state index contributed by atoms with van der Waals surface area (Å²) >= 11 is 0. The fourth-order valence-corrected chi connectivity index (χ4v) is 1.88. The third-order valence-electron chi connectivity index (χ3n) is 2.90. The van der Waals surface area contributed by atoms with E-state index in [0.717, 1.165) is 11.8 Å². The molecule has 110 valence electrons. The fraction of sp³-hybridized carbons (Fsp3) is 0.200. The highest BCUT2D eigenvalue weighted by molar-refractivity contribution is 5.89. The molecule has 3 N–H and O–H groups in total. The number of hydrogen-bond acceptors (Lipinski definition) is 3. The van der Waals surface area contributed by atoms with Crippen LogP contribution in [-0.2, 0) is 6.42 Å². The maximum Gasteiger partial charge on any atom is 0.319 e. The average Bonchev–Trinajstić information content (AvgIpc) is 2.50. The lowest BCUT2D eigenvalue weighted by Crippen LogP contribution is -2.41. The van der Waals surface area contributed by atoms with E-state index in [-0.39, 0.29) is 12.3 Å². The molecular formula is C15H16FN3O2. The van der Waals surface area contributed by atoms with Gasteiger partial charge in [-0.05, 0) is 18.1 Å². The van der Waals surface area contributed by atoms with Gasteiger partial charge in [0.2, 0.25) is 0 Å². The van der Waals surface area contributed by atoms with Crippen molar-refractivity contribution in [1.29, 1.82) is 0 Å². The Morgan fingerprint density at radius 2 is 2.05 bits per heavy atom. The number of carbonyl (C=O) groups excluding carboxylic acids is 1. The van der Waals surface area contributed by atoms with Crippen molar-refractivity contribution in [2.24, 2.45) is 0 Å². The van der Waals surface area contributed by atoms with Crippen LogP contribution in [0.25, 0.3) is 0 Å². The Morgan fingerprint density at radius 1 is 1.29 bits per heavy atom. The molecule has 0 aliphatic carbocycles. The number of halogens is 1. The van der Waals surface area contributed by atoms with Crippen LogP contribution in [-0.4, -0.2) is 28.8 Å². The Bertz CT molecular complexity index is 592. The third-order valence-corrected chi connectivity index (χ3v) is 2.90. The van der Waals surface area contributed by atoms with Crippen LogP contribution in [0, 0.1) is 5.82 Å². The van der Waals surface area contributed by atoms with Gasteiger partial charge < -0.3 is 15.7 Å². The van der Waals surface area contributed by atoms with E-state index in [1.807, 2.05) is 30.3 Å². The molecule has 0 radical (unpaired) electrons. The molecule has 0 spiro atoms. The fourth-order valence-electron chi connectivity index (χ4n) is 1.88. The molecule has 21 heavy (non-hydrogen) atoms. The van der Waals surface area contributed by atoms with Gasteiger partial charge in [-0.2, -0.15) is 0 Å². The molecule has 0 saturated heterocycles. The molecule has 5 nitrogen and oxygen atoms in total. The highest BCUT2D eigenvalue weighted by atomic mass is 19.1. The molecule has 0 aliphatic rings. The van der Waals surface area contributed by atoms with Crippen LogP contribution in [0.15, 0.2) is 48.8 Å². The zero-order valence-electron chi connectivity index (χ0n) is 11.3. The summed E-state index contributed by atoms with van der Waals surface area (Å²) in [4.78, 5) is 15.4. The van der Waals surface area contributed by atoms with Crippen LogP contribution >= 0.6 is 0 Å². The number of amides is 2. The lowest BCUT2D eigenvalue weighted by atomic mass is 10.1. The van der Waals surface area contributed by atoms with Gasteiger partial charge in [-0.15, -0.1) is 0 Å². The summed E-state index contributed by atoms with van der Waals surface area (Å²) in [6.07, 6.45) is 2.89. The number of aliphatic hydroxyl groups excluding tert-OH is 1. The Balaban J connectivity index is 1.92. The molecule has 0 fully saturated rings. The standard InChI is InChI=1S/C15H16FN3O2/c16-13-9-17-7-6-14(13)19-15(21)18-12(10-20)8-11-4-2-1-3-5-11/h1-7,9,12,20H,8,10H2,(H2,17,18,19,21)/t12-/m0/s1. The van der Waals surface area contributed by atoms with Crippen molar-refractivity contribution in [3.05, 3.63) is 60.2 Å². The van der Waals surface area contributed by atoms with Gasteiger partial charge in [-0.1, -0.05) is 30.3 Å². The molecule has 0 aliphatic heterocycles. The Morgan fingerprint density at radius 3 is 2.71 bits per heavy atom. The highest BCUT2D eigenvalue weighted by Crippen LogP contribution is 2.10.